The smallest absolute Gasteiger partial charge is 0.303 e. The number of carbonyl (C=O) groups is 1. The number of carboxylic acid groups (broad SMARTS) is 1. The third-order valence-electron chi connectivity index (χ3n) is 7.52. The molecule has 1 unspecified atom stereocenters. The molecule has 3 aliphatic carbocycles. The molecule has 0 aliphatic heterocycles. The second kappa shape index (κ2) is 9.92. The number of unbranched alkanes of at least 4 members (excludes halogenated alkanes) is 1. The third-order valence-corrected chi connectivity index (χ3v) is 7.52. The van der Waals surface area contributed by atoms with E-state index in [1.165, 1.54) is 51.4 Å². The summed E-state index contributed by atoms with van der Waals surface area (Å²) < 4.78 is 0. The van der Waals surface area contributed by atoms with Gasteiger partial charge >= 0.3 is 5.97 Å². The zero-order chi connectivity index (χ0) is 18.4. The van der Waals surface area contributed by atoms with Crippen molar-refractivity contribution in [2.75, 3.05) is 0 Å². The van der Waals surface area contributed by atoms with Gasteiger partial charge in [0.2, 0.25) is 0 Å². The zero-order valence-corrected chi connectivity index (χ0v) is 16.3. The predicted octanol–water partition coefficient (Wildman–Crippen LogP) is 5.57. The number of hydrogen-bond acceptors (Lipinski definition) is 2. The van der Waals surface area contributed by atoms with Crippen LogP contribution in [0.15, 0.2) is 12.2 Å². The molecule has 148 valence electrons. The molecule has 26 heavy (non-hydrogen) atoms. The summed E-state index contributed by atoms with van der Waals surface area (Å²) in [4.78, 5) is 10.6. The van der Waals surface area contributed by atoms with Crippen LogP contribution in [-0.4, -0.2) is 22.3 Å². The standard InChI is InChI=1S/C23H38O3/c24-20(15-17-7-5-6-8-17)13-14-22-19-12-11-18(16-19)21(22)9-3-1-2-4-10-23(25)26/h1,3,17-22,24H,2,4-16H2,(H,25,26)/b3-1-/t18-,19+,20?,21-,22+/m1/s1. The average Bonchev–Trinajstić information content (AvgIpc) is 3.33. The van der Waals surface area contributed by atoms with Crippen LogP contribution in [0.1, 0.15) is 89.9 Å². The van der Waals surface area contributed by atoms with Crippen LogP contribution in [0.2, 0.25) is 0 Å². The summed E-state index contributed by atoms with van der Waals surface area (Å²) in [5.74, 6) is 3.53. The highest BCUT2D eigenvalue weighted by atomic mass is 16.4. The predicted molar refractivity (Wildman–Crippen MR) is 105 cm³/mol. The monoisotopic (exact) mass is 362 g/mol. The van der Waals surface area contributed by atoms with Crippen LogP contribution < -0.4 is 0 Å². The third kappa shape index (κ3) is 5.58. The van der Waals surface area contributed by atoms with E-state index in [1.54, 1.807) is 0 Å². The van der Waals surface area contributed by atoms with E-state index in [2.05, 4.69) is 12.2 Å². The molecule has 3 aliphatic rings. The number of aliphatic hydroxyl groups is 1. The van der Waals surface area contributed by atoms with Crippen molar-refractivity contribution in [3.8, 4) is 0 Å². The molecule has 2 bridgehead atoms. The normalized spacial score (nSPS) is 32.7. The van der Waals surface area contributed by atoms with Gasteiger partial charge in [-0.2, -0.15) is 0 Å². The average molecular weight is 363 g/mol. The molecule has 0 saturated heterocycles. The first-order valence-electron chi connectivity index (χ1n) is 11.2. The van der Waals surface area contributed by atoms with E-state index in [0.717, 1.165) is 61.7 Å². The number of carboxylic acids is 1. The van der Waals surface area contributed by atoms with E-state index < -0.39 is 5.97 Å². The second-order valence-electron chi connectivity index (χ2n) is 9.27. The summed E-state index contributed by atoms with van der Waals surface area (Å²) in [6, 6.07) is 0. The minimum Gasteiger partial charge on any atom is -0.481 e. The van der Waals surface area contributed by atoms with E-state index >= 15 is 0 Å². The Bertz CT molecular complexity index is 466. The van der Waals surface area contributed by atoms with Gasteiger partial charge in [-0.1, -0.05) is 37.8 Å². The van der Waals surface area contributed by atoms with Gasteiger partial charge in [-0.05, 0) is 87.4 Å². The minimum absolute atomic E-state index is 0.0792. The molecule has 3 saturated carbocycles. The summed E-state index contributed by atoms with van der Waals surface area (Å²) in [5, 5.41) is 19.2. The lowest BCUT2D eigenvalue weighted by atomic mass is 9.74. The van der Waals surface area contributed by atoms with Gasteiger partial charge in [-0.3, -0.25) is 4.79 Å². The maximum absolute atomic E-state index is 10.6. The van der Waals surface area contributed by atoms with Crippen LogP contribution in [0.5, 0.6) is 0 Å². The summed E-state index contributed by atoms with van der Waals surface area (Å²) in [7, 11) is 0. The first kappa shape index (κ1) is 19.9. The molecule has 3 nitrogen and oxygen atoms in total. The van der Waals surface area contributed by atoms with Crippen molar-refractivity contribution < 1.29 is 15.0 Å². The minimum atomic E-state index is -0.692. The van der Waals surface area contributed by atoms with E-state index in [9.17, 15) is 9.90 Å². The van der Waals surface area contributed by atoms with Crippen molar-refractivity contribution in [1.29, 1.82) is 0 Å². The van der Waals surface area contributed by atoms with E-state index in [1.807, 2.05) is 0 Å². The Hall–Kier alpha value is -0.830. The van der Waals surface area contributed by atoms with Gasteiger partial charge in [0, 0.05) is 6.42 Å². The molecular formula is C23H38O3. The Kier molecular flexibility index (Phi) is 7.60. The van der Waals surface area contributed by atoms with E-state index in [0.29, 0.717) is 0 Å². The number of fused-ring (bicyclic) bond motifs is 2. The van der Waals surface area contributed by atoms with Crippen LogP contribution in [0, 0.1) is 29.6 Å². The molecular weight excluding hydrogens is 324 g/mol. The van der Waals surface area contributed by atoms with Gasteiger partial charge in [0.25, 0.3) is 0 Å². The van der Waals surface area contributed by atoms with Crippen LogP contribution in [-0.2, 0) is 4.79 Å². The Labute approximate surface area is 159 Å². The first-order valence-corrected chi connectivity index (χ1v) is 11.2. The molecule has 3 rings (SSSR count). The van der Waals surface area contributed by atoms with Gasteiger partial charge in [0.05, 0.1) is 6.10 Å². The quantitative estimate of drug-likeness (QED) is 0.373. The molecule has 2 N–H and O–H groups in total. The van der Waals surface area contributed by atoms with Crippen LogP contribution in [0.3, 0.4) is 0 Å². The van der Waals surface area contributed by atoms with Crippen molar-refractivity contribution in [3.05, 3.63) is 12.2 Å². The molecule has 3 fully saturated rings. The number of aliphatic hydroxyl groups excluding tert-OH is 1. The molecule has 0 aromatic rings. The SMILES string of the molecule is O=C(O)CCC/C=C\C[C@@H]1[C@@H]2CC[C@@H](C2)[C@@H]1CCC(O)CC1CCCC1. The molecule has 0 amide bonds. The van der Waals surface area contributed by atoms with Crippen molar-refractivity contribution in [2.24, 2.45) is 29.6 Å². The Morgan fingerprint density at radius 3 is 2.50 bits per heavy atom. The van der Waals surface area contributed by atoms with Crippen molar-refractivity contribution in [2.45, 2.75) is 96.0 Å². The van der Waals surface area contributed by atoms with Crippen LogP contribution >= 0.6 is 0 Å². The molecule has 0 aromatic carbocycles. The molecule has 0 aromatic heterocycles. The van der Waals surface area contributed by atoms with Crippen molar-refractivity contribution in [1.82, 2.24) is 0 Å². The maximum atomic E-state index is 10.6. The number of rotatable bonds is 11. The summed E-state index contributed by atoms with van der Waals surface area (Å²) in [5.41, 5.74) is 0. The van der Waals surface area contributed by atoms with E-state index in [-0.39, 0.29) is 12.5 Å². The summed E-state index contributed by atoms with van der Waals surface area (Å²) >= 11 is 0. The lowest BCUT2D eigenvalue weighted by molar-refractivity contribution is -0.137. The fraction of sp³-hybridized carbons (Fsp3) is 0.870. The fourth-order valence-electron chi connectivity index (χ4n) is 6.22. The second-order valence-corrected chi connectivity index (χ2v) is 9.27. The lowest BCUT2D eigenvalue weighted by Gasteiger charge is -2.31. The molecule has 0 spiro atoms. The number of allylic oxidation sites excluding steroid dienone is 2. The highest BCUT2D eigenvalue weighted by Crippen LogP contribution is 2.55. The molecule has 3 heteroatoms. The lowest BCUT2D eigenvalue weighted by Crippen LogP contribution is -2.24. The van der Waals surface area contributed by atoms with E-state index in [4.69, 9.17) is 5.11 Å². The van der Waals surface area contributed by atoms with Gasteiger partial charge in [-0.25, -0.2) is 0 Å². The maximum Gasteiger partial charge on any atom is 0.303 e. The van der Waals surface area contributed by atoms with Gasteiger partial charge in [0.1, 0.15) is 0 Å². The zero-order valence-electron chi connectivity index (χ0n) is 16.3. The Morgan fingerprint density at radius 2 is 1.77 bits per heavy atom. The van der Waals surface area contributed by atoms with Crippen molar-refractivity contribution >= 4 is 5.97 Å². The summed E-state index contributed by atoms with van der Waals surface area (Å²) in [6.45, 7) is 0. The Balaban J connectivity index is 1.40. The Morgan fingerprint density at radius 1 is 1.04 bits per heavy atom. The van der Waals surface area contributed by atoms with Gasteiger partial charge < -0.3 is 10.2 Å². The topological polar surface area (TPSA) is 57.5 Å². The molecule has 0 radical (unpaired) electrons. The van der Waals surface area contributed by atoms with Crippen LogP contribution in [0.4, 0.5) is 0 Å². The van der Waals surface area contributed by atoms with Gasteiger partial charge in [0.15, 0.2) is 0 Å². The summed E-state index contributed by atoms with van der Waals surface area (Å²) in [6.07, 6.45) is 20.4. The first-order chi connectivity index (χ1) is 12.6. The fourth-order valence-corrected chi connectivity index (χ4v) is 6.22. The number of hydrogen-bond donors (Lipinski definition) is 2. The number of aliphatic carboxylic acids is 1. The van der Waals surface area contributed by atoms with Crippen molar-refractivity contribution in [3.63, 3.8) is 0 Å². The van der Waals surface area contributed by atoms with Gasteiger partial charge in [-0.15, -0.1) is 0 Å². The largest absolute Gasteiger partial charge is 0.481 e. The van der Waals surface area contributed by atoms with Crippen LogP contribution in [0.25, 0.3) is 0 Å². The highest BCUT2D eigenvalue weighted by Gasteiger charge is 2.46. The highest BCUT2D eigenvalue weighted by molar-refractivity contribution is 5.66. The molecule has 0 heterocycles. The molecule has 5 atom stereocenters.